The highest BCUT2D eigenvalue weighted by atomic mass is 127. The topological polar surface area (TPSA) is 50.1 Å². The van der Waals surface area contributed by atoms with Crippen molar-refractivity contribution in [1.82, 2.24) is 0 Å². The van der Waals surface area contributed by atoms with Crippen LogP contribution in [0.5, 0.6) is 5.75 Å². The van der Waals surface area contributed by atoms with Crippen LogP contribution in [0.1, 0.15) is 19.4 Å². The summed E-state index contributed by atoms with van der Waals surface area (Å²) in [5.41, 5.74) is 0.568. The summed E-state index contributed by atoms with van der Waals surface area (Å²) in [4.78, 5) is 11.5. The van der Waals surface area contributed by atoms with Gasteiger partial charge in [0.05, 0.1) is 24.7 Å². The van der Waals surface area contributed by atoms with Crippen molar-refractivity contribution in [2.24, 2.45) is 5.92 Å². The summed E-state index contributed by atoms with van der Waals surface area (Å²) < 4.78 is 6.82. The first-order valence-electron chi connectivity index (χ1n) is 4.56. The van der Waals surface area contributed by atoms with Gasteiger partial charge in [-0.3, -0.25) is 4.79 Å². The Morgan fingerprint density at radius 2 is 1.88 bits per heavy atom. The zero-order valence-corrected chi connectivity index (χ0v) is 13.1. The van der Waals surface area contributed by atoms with Crippen molar-refractivity contribution < 1.29 is 9.53 Å². The molecule has 0 aliphatic rings. The number of esters is 1. The molecule has 0 amide bonds. The molecule has 3 nitrogen and oxygen atoms in total. The molecule has 0 spiro atoms. The molecule has 0 N–H and O–H groups in total. The average molecular weight is 441 g/mol. The van der Waals surface area contributed by atoms with Crippen LogP contribution < -0.4 is 4.74 Å². The van der Waals surface area contributed by atoms with Crippen LogP contribution in [0.2, 0.25) is 0 Å². The van der Waals surface area contributed by atoms with Crippen molar-refractivity contribution in [3.8, 4) is 11.8 Å². The zero-order valence-electron chi connectivity index (χ0n) is 8.75. The first-order chi connectivity index (χ1) is 7.45. The molecular weight excluding hydrogens is 432 g/mol. The quantitative estimate of drug-likeness (QED) is 0.402. The lowest BCUT2D eigenvalue weighted by molar-refractivity contribution is -0.137. The van der Waals surface area contributed by atoms with E-state index in [-0.39, 0.29) is 11.9 Å². The van der Waals surface area contributed by atoms with Crippen LogP contribution in [0.15, 0.2) is 12.1 Å². The van der Waals surface area contributed by atoms with Gasteiger partial charge in [-0.1, -0.05) is 13.8 Å². The van der Waals surface area contributed by atoms with Gasteiger partial charge in [0.15, 0.2) is 5.75 Å². The van der Waals surface area contributed by atoms with Crippen molar-refractivity contribution >= 4 is 51.2 Å². The van der Waals surface area contributed by atoms with Gasteiger partial charge in [-0.15, -0.1) is 0 Å². The lowest BCUT2D eigenvalue weighted by Crippen LogP contribution is -2.16. The minimum absolute atomic E-state index is 0.165. The third kappa shape index (κ3) is 3.31. The van der Waals surface area contributed by atoms with Gasteiger partial charge in [-0.2, -0.15) is 5.26 Å². The summed E-state index contributed by atoms with van der Waals surface area (Å²) in [6.45, 7) is 3.57. The van der Waals surface area contributed by atoms with E-state index >= 15 is 0 Å². The molecule has 0 fully saturated rings. The van der Waals surface area contributed by atoms with Crippen LogP contribution in [0.25, 0.3) is 0 Å². The Balaban J connectivity index is 3.07. The van der Waals surface area contributed by atoms with E-state index in [1.54, 1.807) is 26.0 Å². The Kier molecular flexibility index (Phi) is 4.98. The van der Waals surface area contributed by atoms with E-state index in [0.717, 1.165) is 7.14 Å². The molecule has 0 heterocycles. The molecule has 0 unspecified atom stereocenters. The number of hydrogen-bond acceptors (Lipinski definition) is 3. The number of carbonyl (C=O) groups excluding carboxylic acids is 1. The average Bonchev–Trinajstić information content (AvgIpc) is 2.22. The van der Waals surface area contributed by atoms with Crippen molar-refractivity contribution in [2.75, 3.05) is 0 Å². The molecule has 0 atom stereocenters. The monoisotopic (exact) mass is 441 g/mol. The predicted molar refractivity (Wildman–Crippen MR) is 77.1 cm³/mol. The number of ether oxygens (including phenoxy) is 1. The SMILES string of the molecule is CC(C)C(=O)Oc1c(I)cc(C#N)cc1I. The second-order valence-corrected chi connectivity index (χ2v) is 5.78. The summed E-state index contributed by atoms with van der Waals surface area (Å²) in [5, 5.41) is 8.78. The van der Waals surface area contributed by atoms with E-state index in [1.165, 1.54) is 0 Å². The first kappa shape index (κ1) is 13.7. The Morgan fingerprint density at radius 3 is 2.25 bits per heavy atom. The van der Waals surface area contributed by atoms with Gasteiger partial charge in [0.25, 0.3) is 0 Å². The first-order valence-corrected chi connectivity index (χ1v) is 6.72. The van der Waals surface area contributed by atoms with Crippen LogP contribution in [-0.4, -0.2) is 5.97 Å². The Bertz CT molecular complexity index is 441. The van der Waals surface area contributed by atoms with Crippen LogP contribution in [-0.2, 0) is 4.79 Å². The minimum Gasteiger partial charge on any atom is -0.424 e. The van der Waals surface area contributed by atoms with Gasteiger partial charge in [0.2, 0.25) is 0 Å². The van der Waals surface area contributed by atoms with Gasteiger partial charge in [0.1, 0.15) is 0 Å². The van der Waals surface area contributed by atoms with Crippen molar-refractivity contribution in [3.05, 3.63) is 24.8 Å². The number of carbonyl (C=O) groups is 1. The predicted octanol–water partition coefficient (Wildman–Crippen LogP) is 3.33. The van der Waals surface area contributed by atoms with Gasteiger partial charge >= 0.3 is 5.97 Å². The minimum atomic E-state index is -0.263. The highest BCUT2D eigenvalue weighted by Gasteiger charge is 2.15. The summed E-state index contributed by atoms with van der Waals surface area (Å²) >= 11 is 4.12. The van der Waals surface area contributed by atoms with E-state index in [4.69, 9.17) is 10.00 Å². The van der Waals surface area contributed by atoms with Gasteiger partial charge < -0.3 is 4.74 Å². The summed E-state index contributed by atoms with van der Waals surface area (Å²) in [5.74, 6) is 0.113. The van der Waals surface area contributed by atoms with Crippen LogP contribution in [0.4, 0.5) is 0 Å². The number of halogens is 2. The molecule has 0 saturated heterocycles. The van der Waals surface area contributed by atoms with Crippen LogP contribution >= 0.6 is 45.2 Å². The number of rotatable bonds is 2. The van der Waals surface area contributed by atoms with Gasteiger partial charge in [-0.05, 0) is 57.3 Å². The largest absolute Gasteiger partial charge is 0.424 e. The van der Waals surface area contributed by atoms with E-state index in [0.29, 0.717) is 11.3 Å². The lowest BCUT2D eigenvalue weighted by Gasteiger charge is -2.10. The Hall–Kier alpha value is -0.360. The highest BCUT2D eigenvalue weighted by Crippen LogP contribution is 2.29. The molecule has 0 bridgehead atoms. The number of benzene rings is 1. The third-order valence-electron chi connectivity index (χ3n) is 1.80. The van der Waals surface area contributed by atoms with E-state index in [2.05, 4.69) is 51.3 Å². The lowest BCUT2D eigenvalue weighted by atomic mass is 10.2. The second kappa shape index (κ2) is 5.82. The Labute approximate surface area is 121 Å². The van der Waals surface area contributed by atoms with E-state index in [9.17, 15) is 4.79 Å². The van der Waals surface area contributed by atoms with Crippen LogP contribution in [0.3, 0.4) is 0 Å². The molecule has 16 heavy (non-hydrogen) atoms. The van der Waals surface area contributed by atoms with Crippen molar-refractivity contribution in [1.29, 1.82) is 5.26 Å². The fourth-order valence-electron chi connectivity index (χ4n) is 0.940. The summed E-state index contributed by atoms with van der Waals surface area (Å²) in [7, 11) is 0. The maximum atomic E-state index is 11.5. The summed E-state index contributed by atoms with van der Waals surface area (Å²) in [6.07, 6.45) is 0. The Morgan fingerprint density at radius 1 is 1.38 bits per heavy atom. The molecular formula is C11H9I2NO2. The molecule has 0 saturated carbocycles. The van der Waals surface area contributed by atoms with E-state index < -0.39 is 0 Å². The van der Waals surface area contributed by atoms with Crippen LogP contribution in [0, 0.1) is 24.4 Å². The second-order valence-electron chi connectivity index (χ2n) is 3.46. The van der Waals surface area contributed by atoms with Gasteiger partial charge in [-0.25, -0.2) is 0 Å². The smallest absolute Gasteiger partial charge is 0.313 e. The zero-order chi connectivity index (χ0) is 12.3. The summed E-state index contributed by atoms with van der Waals surface area (Å²) in [6, 6.07) is 5.46. The molecule has 1 rings (SSSR count). The number of nitrogens with zero attached hydrogens (tertiary/aromatic N) is 1. The van der Waals surface area contributed by atoms with Crippen molar-refractivity contribution in [3.63, 3.8) is 0 Å². The van der Waals surface area contributed by atoms with Crippen molar-refractivity contribution in [2.45, 2.75) is 13.8 Å². The normalized spacial score (nSPS) is 10.0. The molecule has 0 radical (unpaired) electrons. The fourth-order valence-corrected chi connectivity index (χ4v) is 2.93. The third-order valence-corrected chi connectivity index (χ3v) is 3.40. The molecule has 5 heteroatoms. The molecule has 0 aliphatic heterocycles. The fraction of sp³-hybridized carbons (Fsp3) is 0.273. The van der Waals surface area contributed by atoms with Gasteiger partial charge in [0, 0.05) is 0 Å². The standard InChI is InChI=1S/C11H9I2NO2/c1-6(2)11(15)16-10-8(12)3-7(5-14)4-9(10)13/h3-4,6H,1-2H3. The maximum absolute atomic E-state index is 11.5. The molecule has 1 aromatic rings. The molecule has 0 aliphatic carbocycles. The number of nitriles is 1. The highest BCUT2D eigenvalue weighted by molar-refractivity contribution is 14.1. The number of hydrogen-bond donors (Lipinski definition) is 0. The molecule has 0 aromatic heterocycles. The van der Waals surface area contributed by atoms with E-state index in [1.807, 2.05) is 0 Å². The molecule has 84 valence electrons. The molecule has 1 aromatic carbocycles. The maximum Gasteiger partial charge on any atom is 0.313 e.